The molecule has 0 radical (unpaired) electrons. The van der Waals surface area contributed by atoms with Gasteiger partial charge in [-0.25, -0.2) is 0 Å². The highest BCUT2D eigenvalue weighted by Gasteiger charge is 2.19. The number of piperazine rings is 1. The second-order valence-electron chi connectivity index (χ2n) is 5.06. The minimum atomic E-state index is 0.0434. The van der Waals surface area contributed by atoms with Crippen molar-refractivity contribution in [1.29, 1.82) is 0 Å². The van der Waals surface area contributed by atoms with Crippen molar-refractivity contribution >= 4 is 17.5 Å². The maximum absolute atomic E-state index is 12.4. The van der Waals surface area contributed by atoms with Gasteiger partial charge in [0.1, 0.15) is 0 Å². The molecule has 110 valence electrons. The molecule has 1 aromatic heterocycles. The molecule has 0 unspecified atom stereocenters. The molecule has 21 heavy (non-hydrogen) atoms. The second-order valence-corrected chi connectivity index (χ2v) is 5.47. The highest BCUT2D eigenvalue weighted by Crippen LogP contribution is 2.16. The lowest BCUT2D eigenvalue weighted by Gasteiger charge is -2.26. The Hall–Kier alpha value is -1.85. The van der Waals surface area contributed by atoms with Crippen molar-refractivity contribution in [2.75, 3.05) is 26.2 Å². The molecule has 1 aliphatic rings. The Kier molecular flexibility index (Phi) is 4.22. The third kappa shape index (κ3) is 3.25. The van der Waals surface area contributed by atoms with Gasteiger partial charge in [0.2, 0.25) is 0 Å². The maximum atomic E-state index is 12.4. The summed E-state index contributed by atoms with van der Waals surface area (Å²) < 4.78 is 1.75. The van der Waals surface area contributed by atoms with Gasteiger partial charge in [0.05, 0.1) is 18.3 Å². The Balaban J connectivity index is 1.71. The van der Waals surface area contributed by atoms with Crippen LogP contribution < -0.4 is 5.32 Å². The van der Waals surface area contributed by atoms with Gasteiger partial charge < -0.3 is 10.2 Å². The molecule has 6 heteroatoms. The molecular formula is C15H17ClN4O. The van der Waals surface area contributed by atoms with Gasteiger partial charge in [-0.2, -0.15) is 5.10 Å². The number of amides is 1. The van der Waals surface area contributed by atoms with Crippen LogP contribution >= 0.6 is 11.6 Å². The van der Waals surface area contributed by atoms with Gasteiger partial charge in [0.25, 0.3) is 5.91 Å². The average Bonchev–Trinajstić information content (AvgIpc) is 2.98. The molecule has 1 saturated heterocycles. The number of carbonyl (C=O) groups is 1. The van der Waals surface area contributed by atoms with E-state index in [1.165, 1.54) is 0 Å². The third-order valence-corrected chi connectivity index (χ3v) is 3.94. The Morgan fingerprint density at radius 3 is 2.81 bits per heavy atom. The molecule has 1 fully saturated rings. The van der Waals surface area contributed by atoms with E-state index in [4.69, 9.17) is 11.6 Å². The van der Waals surface area contributed by atoms with Crippen molar-refractivity contribution in [2.45, 2.75) is 6.54 Å². The lowest BCUT2D eigenvalue weighted by Crippen LogP contribution is -2.46. The molecule has 2 aromatic rings. The zero-order valence-electron chi connectivity index (χ0n) is 11.6. The average molecular weight is 305 g/mol. The first-order valence-corrected chi connectivity index (χ1v) is 7.38. The summed E-state index contributed by atoms with van der Waals surface area (Å²) in [4.78, 5) is 14.2. The van der Waals surface area contributed by atoms with Crippen LogP contribution in [-0.4, -0.2) is 46.8 Å². The molecule has 1 N–H and O–H groups in total. The van der Waals surface area contributed by atoms with Crippen LogP contribution in [0, 0.1) is 0 Å². The standard InChI is InChI=1S/C15H17ClN4O/c16-14-4-2-1-3-12(14)10-20-11-13(9-18-20)15(21)19-7-5-17-6-8-19/h1-4,9,11,17H,5-8,10H2. The van der Waals surface area contributed by atoms with Crippen LogP contribution in [0.3, 0.4) is 0 Å². The van der Waals surface area contributed by atoms with E-state index in [0.717, 1.165) is 31.7 Å². The summed E-state index contributed by atoms with van der Waals surface area (Å²) in [7, 11) is 0. The van der Waals surface area contributed by atoms with Crippen molar-refractivity contribution in [3.8, 4) is 0 Å². The highest BCUT2D eigenvalue weighted by molar-refractivity contribution is 6.31. The number of carbonyl (C=O) groups excluding carboxylic acids is 1. The first-order valence-electron chi connectivity index (χ1n) is 7.00. The van der Waals surface area contributed by atoms with Crippen LogP contribution in [0.4, 0.5) is 0 Å². The van der Waals surface area contributed by atoms with Crippen LogP contribution in [0.2, 0.25) is 5.02 Å². The van der Waals surface area contributed by atoms with Crippen LogP contribution in [0.25, 0.3) is 0 Å². The number of nitrogens with zero attached hydrogens (tertiary/aromatic N) is 3. The van der Waals surface area contributed by atoms with Gasteiger partial charge in [0, 0.05) is 37.4 Å². The fourth-order valence-corrected chi connectivity index (χ4v) is 2.61. The molecule has 2 heterocycles. The van der Waals surface area contributed by atoms with Crippen molar-refractivity contribution < 1.29 is 4.79 Å². The van der Waals surface area contributed by atoms with Gasteiger partial charge in [-0.1, -0.05) is 29.8 Å². The van der Waals surface area contributed by atoms with Crippen molar-refractivity contribution in [2.24, 2.45) is 0 Å². The van der Waals surface area contributed by atoms with E-state index in [-0.39, 0.29) is 5.91 Å². The molecule has 3 rings (SSSR count). The summed E-state index contributed by atoms with van der Waals surface area (Å²) in [6.45, 7) is 3.75. The molecule has 0 saturated carbocycles. The molecular weight excluding hydrogens is 288 g/mol. The summed E-state index contributed by atoms with van der Waals surface area (Å²) in [5.74, 6) is 0.0434. The highest BCUT2D eigenvalue weighted by atomic mass is 35.5. The molecule has 1 aromatic carbocycles. The fourth-order valence-electron chi connectivity index (χ4n) is 2.41. The molecule has 0 spiro atoms. The van der Waals surface area contributed by atoms with Crippen molar-refractivity contribution in [3.05, 3.63) is 52.8 Å². The largest absolute Gasteiger partial charge is 0.336 e. The van der Waals surface area contributed by atoms with Crippen molar-refractivity contribution in [3.63, 3.8) is 0 Å². The number of halogens is 1. The van der Waals surface area contributed by atoms with E-state index in [0.29, 0.717) is 17.1 Å². The van der Waals surface area contributed by atoms with E-state index < -0.39 is 0 Å². The normalized spacial score (nSPS) is 15.2. The molecule has 0 bridgehead atoms. The van der Waals surface area contributed by atoms with Crippen LogP contribution in [-0.2, 0) is 6.54 Å². The van der Waals surface area contributed by atoms with E-state index >= 15 is 0 Å². The van der Waals surface area contributed by atoms with Gasteiger partial charge in [-0.15, -0.1) is 0 Å². The predicted octanol–water partition coefficient (Wildman–Crippen LogP) is 1.63. The Labute approximate surface area is 128 Å². The Morgan fingerprint density at radius 2 is 2.05 bits per heavy atom. The lowest BCUT2D eigenvalue weighted by molar-refractivity contribution is 0.0735. The minimum absolute atomic E-state index is 0.0434. The number of benzene rings is 1. The molecule has 5 nitrogen and oxygen atoms in total. The third-order valence-electron chi connectivity index (χ3n) is 3.57. The van der Waals surface area contributed by atoms with Crippen LogP contribution in [0.5, 0.6) is 0 Å². The number of hydrogen-bond acceptors (Lipinski definition) is 3. The van der Waals surface area contributed by atoms with Gasteiger partial charge >= 0.3 is 0 Å². The Morgan fingerprint density at radius 1 is 1.29 bits per heavy atom. The first-order chi connectivity index (χ1) is 10.2. The summed E-state index contributed by atoms with van der Waals surface area (Å²) in [6, 6.07) is 7.65. The molecule has 0 aliphatic carbocycles. The number of nitrogens with one attached hydrogen (secondary N) is 1. The second kappa shape index (κ2) is 6.28. The fraction of sp³-hybridized carbons (Fsp3) is 0.333. The Bertz CT molecular complexity index is 634. The number of aromatic nitrogens is 2. The van der Waals surface area contributed by atoms with Crippen molar-refractivity contribution in [1.82, 2.24) is 20.0 Å². The van der Waals surface area contributed by atoms with E-state index in [9.17, 15) is 4.79 Å². The maximum Gasteiger partial charge on any atom is 0.257 e. The van der Waals surface area contributed by atoms with Crippen LogP contribution in [0.15, 0.2) is 36.7 Å². The topological polar surface area (TPSA) is 50.2 Å². The number of rotatable bonds is 3. The lowest BCUT2D eigenvalue weighted by atomic mass is 10.2. The van der Waals surface area contributed by atoms with E-state index in [2.05, 4.69) is 10.4 Å². The van der Waals surface area contributed by atoms with Gasteiger partial charge in [-0.05, 0) is 11.6 Å². The number of hydrogen-bond donors (Lipinski definition) is 1. The minimum Gasteiger partial charge on any atom is -0.336 e. The zero-order valence-corrected chi connectivity index (χ0v) is 12.4. The quantitative estimate of drug-likeness (QED) is 0.938. The predicted molar refractivity (Wildman–Crippen MR) is 81.6 cm³/mol. The first kappa shape index (κ1) is 14.1. The van der Waals surface area contributed by atoms with E-state index in [1.807, 2.05) is 29.2 Å². The smallest absolute Gasteiger partial charge is 0.257 e. The zero-order chi connectivity index (χ0) is 14.7. The monoisotopic (exact) mass is 304 g/mol. The van der Waals surface area contributed by atoms with E-state index in [1.54, 1.807) is 17.1 Å². The molecule has 0 atom stereocenters. The summed E-state index contributed by atoms with van der Waals surface area (Å²) in [5, 5.41) is 8.21. The molecule has 1 aliphatic heterocycles. The SMILES string of the molecule is O=C(c1cnn(Cc2ccccc2Cl)c1)N1CCNCC1. The van der Waals surface area contributed by atoms with Crippen LogP contribution in [0.1, 0.15) is 15.9 Å². The summed E-state index contributed by atoms with van der Waals surface area (Å²) in [5.41, 5.74) is 1.62. The summed E-state index contributed by atoms with van der Waals surface area (Å²) in [6.07, 6.45) is 3.41. The molecule has 1 amide bonds. The van der Waals surface area contributed by atoms with Gasteiger partial charge in [-0.3, -0.25) is 9.48 Å². The van der Waals surface area contributed by atoms with Gasteiger partial charge in [0.15, 0.2) is 0 Å². The summed E-state index contributed by atoms with van der Waals surface area (Å²) >= 11 is 6.14.